The summed E-state index contributed by atoms with van der Waals surface area (Å²) >= 11 is 1.52. The largest absolute Gasteiger partial charge is 0.496 e. The van der Waals surface area contributed by atoms with Gasteiger partial charge < -0.3 is 15.0 Å². The van der Waals surface area contributed by atoms with Gasteiger partial charge in [0.2, 0.25) is 11.8 Å². The van der Waals surface area contributed by atoms with Gasteiger partial charge in [0.1, 0.15) is 5.75 Å². The lowest BCUT2D eigenvalue weighted by Crippen LogP contribution is -2.37. The number of pyridine rings is 1. The van der Waals surface area contributed by atoms with Gasteiger partial charge >= 0.3 is 0 Å². The van der Waals surface area contributed by atoms with Gasteiger partial charge in [-0.05, 0) is 68.0 Å². The van der Waals surface area contributed by atoms with Gasteiger partial charge in [-0.2, -0.15) is 5.26 Å². The number of aryl methyl sites for hydroxylation is 4. The number of nitriles is 1. The van der Waals surface area contributed by atoms with Crippen LogP contribution in [-0.4, -0.2) is 47.3 Å². The maximum atomic E-state index is 12.9. The molecule has 0 saturated heterocycles. The first-order valence-corrected chi connectivity index (χ1v) is 13.2. The second kappa shape index (κ2) is 11.6. The first-order chi connectivity index (χ1) is 17.4. The van der Waals surface area contributed by atoms with Gasteiger partial charge in [0, 0.05) is 36.2 Å². The van der Waals surface area contributed by atoms with Crippen LogP contribution in [0, 0.1) is 31.1 Å². The molecule has 2 amide bonds. The second-order valence-corrected chi connectivity index (χ2v) is 10.6. The lowest BCUT2D eigenvalue weighted by atomic mass is 9.94. The molecule has 2 atom stereocenters. The normalized spacial score (nSPS) is 19.0. The summed E-state index contributed by atoms with van der Waals surface area (Å²) in [6.07, 6.45) is 4.35. The number of ether oxygens (including phenoxy) is 1. The van der Waals surface area contributed by atoms with Crippen molar-refractivity contribution in [3.8, 4) is 11.8 Å². The van der Waals surface area contributed by atoms with Crippen LogP contribution >= 0.6 is 11.8 Å². The minimum atomic E-state index is -0.365. The second-order valence-electron chi connectivity index (χ2n) is 9.37. The molecule has 0 spiro atoms. The number of amides is 2. The van der Waals surface area contributed by atoms with Crippen molar-refractivity contribution in [1.29, 1.82) is 5.26 Å². The van der Waals surface area contributed by atoms with E-state index in [1.807, 2.05) is 49.1 Å². The van der Waals surface area contributed by atoms with Crippen LogP contribution in [0.3, 0.4) is 0 Å². The molecule has 2 aliphatic heterocycles. The van der Waals surface area contributed by atoms with Crippen LogP contribution in [0.5, 0.6) is 5.75 Å². The third-order valence-corrected chi connectivity index (χ3v) is 8.03. The highest BCUT2D eigenvalue weighted by Gasteiger charge is 2.39. The fourth-order valence-electron chi connectivity index (χ4n) is 4.78. The Morgan fingerprint density at radius 1 is 1.19 bits per heavy atom. The molecule has 0 fully saturated rings. The molecule has 0 saturated carbocycles. The first kappa shape index (κ1) is 25.8. The molecule has 8 heteroatoms. The Bertz CT molecular complexity index is 1220. The average molecular weight is 505 g/mol. The number of nitrogens with zero attached hydrogens (tertiary/aromatic N) is 3. The van der Waals surface area contributed by atoms with Gasteiger partial charge in [-0.3, -0.25) is 14.6 Å². The molecular formula is C28H32N4O3S. The van der Waals surface area contributed by atoms with Crippen LogP contribution in [-0.2, 0) is 22.4 Å². The number of carbonyl (C=O) groups is 2. The van der Waals surface area contributed by atoms with Crippen LogP contribution in [0.15, 0.2) is 47.0 Å². The average Bonchev–Trinajstić information content (AvgIpc) is 3.22. The predicted octanol–water partition coefficient (Wildman–Crippen LogP) is 4.09. The lowest BCUT2D eigenvalue weighted by molar-refractivity contribution is -0.130. The predicted molar refractivity (Wildman–Crippen MR) is 140 cm³/mol. The van der Waals surface area contributed by atoms with E-state index in [1.165, 1.54) is 11.8 Å². The number of benzene rings is 1. The highest BCUT2D eigenvalue weighted by molar-refractivity contribution is 8.04. The third-order valence-electron chi connectivity index (χ3n) is 6.71. The van der Waals surface area contributed by atoms with Gasteiger partial charge in [-0.15, -0.1) is 11.8 Å². The molecule has 7 nitrogen and oxygen atoms in total. The SMILES string of the molecule is COc1ccc(C)cc1CCC(=O)NC1SC2=C(CCN(C(=O)CCc3cc(C)ccn3)C2)C1C#N. The minimum absolute atomic E-state index is 0.0882. The van der Waals surface area contributed by atoms with Gasteiger partial charge in [-0.25, -0.2) is 0 Å². The molecule has 1 N–H and O–H groups in total. The van der Waals surface area contributed by atoms with E-state index >= 15 is 0 Å². The third kappa shape index (κ3) is 6.08. The summed E-state index contributed by atoms with van der Waals surface area (Å²) in [5.41, 5.74) is 5.24. The van der Waals surface area contributed by atoms with Crippen LogP contribution in [0.4, 0.5) is 0 Å². The number of hydrogen-bond donors (Lipinski definition) is 1. The zero-order valence-corrected chi connectivity index (χ0v) is 21.9. The van der Waals surface area contributed by atoms with Crippen LogP contribution in [0.25, 0.3) is 0 Å². The molecule has 2 aromatic rings. The Kier molecular flexibility index (Phi) is 8.32. The number of aromatic nitrogens is 1. The summed E-state index contributed by atoms with van der Waals surface area (Å²) < 4.78 is 5.42. The van der Waals surface area contributed by atoms with Gasteiger partial charge in [0.05, 0.1) is 31.0 Å². The maximum Gasteiger partial charge on any atom is 0.223 e. The minimum Gasteiger partial charge on any atom is -0.496 e. The van der Waals surface area contributed by atoms with Crippen LogP contribution in [0.1, 0.15) is 41.6 Å². The van der Waals surface area contributed by atoms with E-state index in [-0.39, 0.29) is 23.1 Å². The Morgan fingerprint density at radius 3 is 2.75 bits per heavy atom. The quantitative estimate of drug-likeness (QED) is 0.582. The van der Waals surface area contributed by atoms with Crippen LogP contribution < -0.4 is 10.1 Å². The number of thioether (sulfide) groups is 1. The van der Waals surface area contributed by atoms with Gasteiger partial charge in [0.25, 0.3) is 0 Å². The fourth-order valence-corrected chi connectivity index (χ4v) is 6.25. The summed E-state index contributed by atoms with van der Waals surface area (Å²) in [6, 6.07) is 12.3. The van der Waals surface area contributed by atoms with E-state index in [4.69, 9.17) is 4.74 Å². The zero-order chi connectivity index (χ0) is 25.7. The Labute approximate surface area is 216 Å². The monoisotopic (exact) mass is 504 g/mol. The zero-order valence-electron chi connectivity index (χ0n) is 21.0. The highest BCUT2D eigenvalue weighted by Crippen LogP contribution is 2.44. The van der Waals surface area contributed by atoms with Crippen molar-refractivity contribution in [2.45, 2.75) is 51.3 Å². The molecule has 1 aromatic carbocycles. The number of methoxy groups -OCH3 is 1. The summed E-state index contributed by atoms with van der Waals surface area (Å²) in [7, 11) is 1.63. The molecule has 0 bridgehead atoms. The summed E-state index contributed by atoms with van der Waals surface area (Å²) in [6.45, 7) is 5.14. The van der Waals surface area contributed by atoms with Crippen molar-refractivity contribution < 1.29 is 14.3 Å². The van der Waals surface area contributed by atoms with E-state index in [9.17, 15) is 14.9 Å². The van der Waals surface area contributed by atoms with Crippen molar-refractivity contribution in [3.63, 3.8) is 0 Å². The number of rotatable bonds is 8. The molecule has 2 aliphatic rings. The molecule has 2 unspecified atom stereocenters. The maximum absolute atomic E-state index is 12.9. The van der Waals surface area contributed by atoms with Gasteiger partial charge in [-0.1, -0.05) is 17.7 Å². The molecule has 0 aliphatic carbocycles. The van der Waals surface area contributed by atoms with Crippen molar-refractivity contribution in [2.24, 2.45) is 5.92 Å². The highest BCUT2D eigenvalue weighted by atomic mass is 32.2. The standard InChI is InChI=1S/C28H32N4O3S/c1-18-4-7-24(35-3)20(14-18)5-8-26(33)31-28-23(16-29)22-11-13-32(17-25(22)36-28)27(34)9-6-21-15-19(2)10-12-30-21/h4,7,10,12,14-15,23,28H,5-6,8-9,11,13,17H2,1-3H3,(H,31,33). The van der Waals surface area contributed by atoms with Crippen molar-refractivity contribution in [3.05, 3.63) is 69.4 Å². The van der Waals surface area contributed by atoms with Crippen LogP contribution in [0.2, 0.25) is 0 Å². The van der Waals surface area contributed by atoms with E-state index in [0.717, 1.165) is 38.6 Å². The molecule has 0 radical (unpaired) electrons. The Hall–Kier alpha value is -3.31. The summed E-state index contributed by atoms with van der Waals surface area (Å²) in [5.74, 6) is 0.420. The number of hydrogen-bond acceptors (Lipinski definition) is 6. The van der Waals surface area contributed by atoms with E-state index in [0.29, 0.717) is 45.2 Å². The van der Waals surface area contributed by atoms with E-state index in [1.54, 1.807) is 13.3 Å². The first-order valence-electron chi connectivity index (χ1n) is 12.3. The fraction of sp³-hybridized carbons (Fsp3) is 0.429. The number of carbonyl (C=O) groups excluding carboxylic acids is 2. The summed E-state index contributed by atoms with van der Waals surface area (Å²) in [5, 5.41) is 12.6. The summed E-state index contributed by atoms with van der Waals surface area (Å²) in [4.78, 5) is 32.9. The van der Waals surface area contributed by atoms with E-state index in [2.05, 4.69) is 16.4 Å². The molecule has 188 valence electrons. The van der Waals surface area contributed by atoms with Crippen molar-refractivity contribution in [1.82, 2.24) is 15.2 Å². The smallest absolute Gasteiger partial charge is 0.223 e. The Morgan fingerprint density at radius 2 is 2.00 bits per heavy atom. The molecule has 36 heavy (non-hydrogen) atoms. The van der Waals surface area contributed by atoms with Crippen molar-refractivity contribution in [2.75, 3.05) is 20.2 Å². The molecule has 4 rings (SSSR count). The van der Waals surface area contributed by atoms with E-state index < -0.39 is 0 Å². The number of nitrogens with one attached hydrogen (secondary N) is 1. The Balaban J connectivity index is 1.31. The molecule has 3 heterocycles. The topological polar surface area (TPSA) is 95.3 Å². The lowest BCUT2D eigenvalue weighted by Gasteiger charge is -2.28. The van der Waals surface area contributed by atoms with Crippen molar-refractivity contribution >= 4 is 23.6 Å². The molecule has 1 aromatic heterocycles. The van der Waals surface area contributed by atoms with Gasteiger partial charge in [0.15, 0.2) is 0 Å². The molecular weight excluding hydrogens is 472 g/mol.